The Morgan fingerprint density at radius 1 is 1.35 bits per heavy atom. The van der Waals surface area contributed by atoms with Crippen LogP contribution in [-0.2, 0) is 4.74 Å². The number of nitrogens with zero attached hydrogens (tertiary/aromatic N) is 1. The van der Waals surface area contributed by atoms with Crippen LogP contribution >= 0.6 is 0 Å². The number of benzene rings is 1. The maximum Gasteiger partial charge on any atom is 0.408 e. The summed E-state index contributed by atoms with van der Waals surface area (Å²) in [7, 11) is 0. The fraction of sp³-hybridized carbons (Fsp3) is 0.300. The summed E-state index contributed by atoms with van der Waals surface area (Å²) in [5.41, 5.74) is 2.00. The minimum atomic E-state index is -0.640. The normalized spacial score (nSPS) is 19.9. The number of aromatic nitrogens is 1. The zero-order valence-corrected chi connectivity index (χ0v) is 14.3. The van der Waals surface area contributed by atoms with E-state index in [4.69, 9.17) is 4.74 Å². The van der Waals surface area contributed by atoms with Crippen LogP contribution in [0.1, 0.15) is 48.6 Å². The Balaban J connectivity index is 1.82. The van der Waals surface area contributed by atoms with Crippen LogP contribution in [0.4, 0.5) is 9.18 Å². The highest BCUT2D eigenvalue weighted by molar-refractivity contribution is 5.71. The van der Waals surface area contributed by atoms with Gasteiger partial charge < -0.3 is 15.2 Å². The van der Waals surface area contributed by atoms with Crippen molar-refractivity contribution in [3.05, 3.63) is 65.2 Å². The number of pyridine rings is 1. The maximum atomic E-state index is 13.5. The summed E-state index contributed by atoms with van der Waals surface area (Å²) in [5.74, 6) is 5.60. The topological polar surface area (TPSA) is 71.5 Å². The molecule has 3 atom stereocenters. The number of nitrogens with one attached hydrogen (secondary N) is 1. The van der Waals surface area contributed by atoms with E-state index in [0.29, 0.717) is 24.0 Å². The summed E-state index contributed by atoms with van der Waals surface area (Å²) in [6.45, 7) is 1.72. The Bertz CT molecular complexity index is 857. The molecule has 0 spiro atoms. The monoisotopic (exact) mass is 354 g/mol. The predicted molar refractivity (Wildman–Crippen MR) is 93.5 cm³/mol. The first-order valence-electron chi connectivity index (χ1n) is 8.37. The molecule has 0 saturated carbocycles. The molecule has 1 aliphatic heterocycles. The highest BCUT2D eigenvalue weighted by Crippen LogP contribution is 2.36. The van der Waals surface area contributed by atoms with E-state index in [0.717, 1.165) is 5.56 Å². The van der Waals surface area contributed by atoms with Crippen molar-refractivity contribution in [3.63, 3.8) is 0 Å². The number of aliphatic hydroxyl groups excluding tert-OH is 1. The molecule has 1 aliphatic rings. The number of carbonyl (C=O) groups excluding carboxylic acids is 1. The Hall–Kier alpha value is -2.91. The SMILES string of the molecule is CC(O)CCC#Cc1cncc([C@H]2NC(=O)O[C@@H]2c2cccc(F)c2)c1. The van der Waals surface area contributed by atoms with Crippen LogP contribution < -0.4 is 5.32 Å². The van der Waals surface area contributed by atoms with Crippen molar-refractivity contribution < 1.29 is 19.0 Å². The quantitative estimate of drug-likeness (QED) is 0.827. The van der Waals surface area contributed by atoms with E-state index < -0.39 is 18.2 Å². The van der Waals surface area contributed by atoms with Crippen LogP contribution in [-0.4, -0.2) is 22.3 Å². The van der Waals surface area contributed by atoms with E-state index in [1.54, 1.807) is 31.5 Å². The highest BCUT2D eigenvalue weighted by atomic mass is 19.1. The fourth-order valence-electron chi connectivity index (χ4n) is 2.76. The molecule has 0 bridgehead atoms. The molecule has 134 valence electrons. The van der Waals surface area contributed by atoms with Crippen molar-refractivity contribution in [1.82, 2.24) is 10.3 Å². The molecule has 1 aromatic carbocycles. The lowest BCUT2D eigenvalue weighted by Crippen LogP contribution is -2.19. The Labute approximate surface area is 151 Å². The number of rotatable bonds is 4. The lowest BCUT2D eigenvalue weighted by atomic mass is 9.97. The van der Waals surface area contributed by atoms with Crippen molar-refractivity contribution in [2.45, 2.75) is 38.0 Å². The standard InChI is InChI=1S/C20H19FN2O3/c1-13(24)5-2-3-6-14-9-16(12-22-11-14)18-19(26-20(25)23-18)15-7-4-8-17(21)10-15/h4,7-13,18-19,24H,2,5H2,1H3,(H,23,25)/t13?,18-,19-/m1/s1. The van der Waals surface area contributed by atoms with Gasteiger partial charge in [-0.25, -0.2) is 9.18 Å². The van der Waals surface area contributed by atoms with Gasteiger partial charge in [0.2, 0.25) is 0 Å². The molecule has 5 nitrogen and oxygen atoms in total. The van der Waals surface area contributed by atoms with Gasteiger partial charge in [0, 0.05) is 24.4 Å². The molecule has 1 unspecified atom stereocenters. The van der Waals surface area contributed by atoms with Gasteiger partial charge in [-0.15, -0.1) is 0 Å². The van der Waals surface area contributed by atoms with Crippen molar-refractivity contribution in [1.29, 1.82) is 0 Å². The van der Waals surface area contributed by atoms with Gasteiger partial charge in [-0.05, 0) is 42.7 Å². The summed E-state index contributed by atoms with van der Waals surface area (Å²) in [6.07, 6.45) is 2.87. The maximum absolute atomic E-state index is 13.5. The minimum absolute atomic E-state index is 0.383. The van der Waals surface area contributed by atoms with Gasteiger partial charge in [0.05, 0.1) is 6.10 Å². The molecule has 3 rings (SSSR count). The van der Waals surface area contributed by atoms with E-state index in [1.165, 1.54) is 12.1 Å². The summed E-state index contributed by atoms with van der Waals surface area (Å²) in [6, 6.07) is 7.34. The molecule has 2 N–H and O–H groups in total. The molecule has 26 heavy (non-hydrogen) atoms. The molecule has 1 saturated heterocycles. The van der Waals surface area contributed by atoms with Crippen LogP contribution in [0.2, 0.25) is 0 Å². The summed E-state index contributed by atoms with van der Waals surface area (Å²) in [5, 5.41) is 12.0. The van der Waals surface area contributed by atoms with Gasteiger partial charge in [-0.1, -0.05) is 24.0 Å². The van der Waals surface area contributed by atoms with Gasteiger partial charge in [0.15, 0.2) is 6.10 Å². The van der Waals surface area contributed by atoms with Gasteiger partial charge >= 0.3 is 6.09 Å². The van der Waals surface area contributed by atoms with Gasteiger partial charge in [-0.3, -0.25) is 4.98 Å². The predicted octanol–water partition coefficient (Wildman–Crippen LogP) is 3.26. The van der Waals surface area contributed by atoms with Gasteiger partial charge in [0.25, 0.3) is 0 Å². The number of ether oxygens (including phenoxy) is 1. The highest BCUT2D eigenvalue weighted by Gasteiger charge is 2.36. The molecule has 0 radical (unpaired) electrons. The first-order chi connectivity index (χ1) is 12.5. The smallest absolute Gasteiger partial charge is 0.408 e. The molecule has 6 heteroatoms. The molecule has 1 aromatic heterocycles. The third kappa shape index (κ3) is 4.38. The number of hydrogen-bond donors (Lipinski definition) is 2. The number of amides is 1. The van der Waals surface area contributed by atoms with Crippen LogP contribution in [0, 0.1) is 17.7 Å². The summed E-state index contributed by atoms with van der Waals surface area (Å²) < 4.78 is 18.9. The molecular formula is C20H19FN2O3. The first-order valence-corrected chi connectivity index (χ1v) is 8.37. The van der Waals surface area contributed by atoms with E-state index in [2.05, 4.69) is 22.1 Å². The average Bonchev–Trinajstić information content (AvgIpc) is 3.01. The molecule has 1 amide bonds. The first kappa shape index (κ1) is 17.9. The van der Waals surface area contributed by atoms with Gasteiger partial charge in [0.1, 0.15) is 11.9 Å². The zero-order valence-electron chi connectivity index (χ0n) is 14.3. The molecular weight excluding hydrogens is 335 g/mol. The molecule has 2 aromatic rings. The number of aliphatic hydroxyl groups is 1. The fourth-order valence-corrected chi connectivity index (χ4v) is 2.76. The lowest BCUT2D eigenvalue weighted by Gasteiger charge is -2.17. The zero-order chi connectivity index (χ0) is 18.5. The summed E-state index contributed by atoms with van der Waals surface area (Å²) in [4.78, 5) is 15.9. The number of halogens is 1. The number of alkyl carbamates (subject to hydrolysis) is 1. The third-order valence-electron chi connectivity index (χ3n) is 4.03. The average molecular weight is 354 g/mol. The second-order valence-corrected chi connectivity index (χ2v) is 6.20. The molecule has 1 fully saturated rings. The van der Waals surface area contributed by atoms with Crippen molar-refractivity contribution in [3.8, 4) is 11.8 Å². The summed E-state index contributed by atoms with van der Waals surface area (Å²) >= 11 is 0. The van der Waals surface area contributed by atoms with E-state index in [1.807, 2.05) is 6.07 Å². The number of carbonyl (C=O) groups is 1. The van der Waals surface area contributed by atoms with Crippen LogP contribution in [0.5, 0.6) is 0 Å². The Morgan fingerprint density at radius 2 is 2.19 bits per heavy atom. The molecule has 2 heterocycles. The third-order valence-corrected chi connectivity index (χ3v) is 4.03. The molecule has 0 aliphatic carbocycles. The minimum Gasteiger partial charge on any atom is -0.439 e. The van der Waals surface area contributed by atoms with Crippen molar-refractivity contribution >= 4 is 6.09 Å². The second kappa shape index (κ2) is 7.98. The number of hydrogen-bond acceptors (Lipinski definition) is 4. The van der Waals surface area contributed by atoms with E-state index in [-0.39, 0.29) is 11.9 Å². The second-order valence-electron chi connectivity index (χ2n) is 6.20. The van der Waals surface area contributed by atoms with E-state index in [9.17, 15) is 14.3 Å². The van der Waals surface area contributed by atoms with Crippen LogP contribution in [0.3, 0.4) is 0 Å². The van der Waals surface area contributed by atoms with Gasteiger partial charge in [-0.2, -0.15) is 0 Å². The van der Waals surface area contributed by atoms with Crippen LogP contribution in [0.25, 0.3) is 0 Å². The lowest BCUT2D eigenvalue weighted by molar-refractivity contribution is 0.132. The Kier molecular flexibility index (Phi) is 5.49. The van der Waals surface area contributed by atoms with Crippen molar-refractivity contribution in [2.75, 3.05) is 0 Å². The number of cyclic esters (lactones) is 1. The van der Waals surface area contributed by atoms with E-state index >= 15 is 0 Å². The Morgan fingerprint density at radius 3 is 2.96 bits per heavy atom. The van der Waals surface area contributed by atoms with Crippen molar-refractivity contribution in [2.24, 2.45) is 0 Å². The largest absolute Gasteiger partial charge is 0.439 e. The van der Waals surface area contributed by atoms with Crippen LogP contribution in [0.15, 0.2) is 42.7 Å².